The van der Waals surface area contributed by atoms with Crippen molar-refractivity contribution in [2.24, 2.45) is 23.2 Å². The summed E-state index contributed by atoms with van der Waals surface area (Å²) in [6.07, 6.45) is 5.64. The van der Waals surface area contributed by atoms with Crippen molar-refractivity contribution >= 4 is 5.97 Å². The maximum Gasteiger partial charge on any atom is 0.303 e. The highest BCUT2D eigenvalue weighted by molar-refractivity contribution is 5.66. The summed E-state index contributed by atoms with van der Waals surface area (Å²) >= 11 is 0. The molecule has 4 nitrogen and oxygen atoms in total. The third-order valence-corrected chi connectivity index (χ3v) is 8.77. The molecule has 0 aliphatic heterocycles. The number of ether oxygens (including phenoxy) is 1. The van der Waals surface area contributed by atoms with Crippen LogP contribution in [0.25, 0.3) is 0 Å². The Labute approximate surface area is 190 Å². The fourth-order valence-electron chi connectivity index (χ4n) is 7.25. The third-order valence-electron chi connectivity index (χ3n) is 8.77. The first-order chi connectivity index (χ1) is 15.5. The molecule has 0 aromatic heterocycles. The summed E-state index contributed by atoms with van der Waals surface area (Å²) in [4.78, 5) is 11.2. The van der Waals surface area contributed by atoms with E-state index in [1.807, 2.05) is 18.2 Å². The second-order valence-corrected chi connectivity index (χ2v) is 10.5. The van der Waals surface area contributed by atoms with Crippen molar-refractivity contribution in [1.82, 2.24) is 0 Å². The zero-order valence-corrected chi connectivity index (χ0v) is 18.9. The predicted octanol–water partition coefficient (Wildman–Crippen LogP) is 5.57. The minimum Gasteiger partial charge on any atom is -0.489 e. The Morgan fingerprint density at radius 1 is 1.16 bits per heavy atom. The average molecular weight is 435 g/mol. The summed E-state index contributed by atoms with van der Waals surface area (Å²) in [6.45, 7) is 2.84. The van der Waals surface area contributed by atoms with Gasteiger partial charge in [0.1, 0.15) is 12.4 Å². The number of aliphatic hydroxyl groups excluding tert-OH is 1. The highest BCUT2D eigenvalue weighted by Gasteiger charge is 2.58. The number of rotatable bonds is 6. The molecule has 4 heteroatoms. The molecule has 0 unspecified atom stereocenters. The predicted molar refractivity (Wildman–Crippen MR) is 124 cm³/mol. The number of hydrogen-bond acceptors (Lipinski definition) is 3. The zero-order chi connectivity index (χ0) is 22.3. The first-order valence-corrected chi connectivity index (χ1v) is 12.1. The summed E-state index contributed by atoms with van der Waals surface area (Å²) in [5.74, 6) is 1.98. The summed E-state index contributed by atoms with van der Waals surface area (Å²) < 4.78 is 6.08. The van der Waals surface area contributed by atoms with Crippen LogP contribution in [0.4, 0.5) is 0 Å². The van der Waals surface area contributed by atoms with Gasteiger partial charge in [-0.2, -0.15) is 0 Å². The van der Waals surface area contributed by atoms with Crippen LogP contribution >= 0.6 is 0 Å². The Hall–Kier alpha value is -2.33. The SMILES string of the molecule is C[C@]12CC[C@@H]3c4ccc(OCc5ccccc5)cc4CC[C@H]3[C@@H]1[C@@H](CCC(=O)O)C[C@@H]2O. The van der Waals surface area contributed by atoms with Crippen LogP contribution in [0.15, 0.2) is 48.5 Å². The monoisotopic (exact) mass is 434 g/mol. The van der Waals surface area contributed by atoms with Gasteiger partial charge in [0.05, 0.1) is 6.10 Å². The van der Waals surface area contributed by atoms with Crippen LogP contribution in [-0.2, 0) is 17.8 Å². The van der Waals surface area contributed by atoms with Gasteiger partial charge in [-0.3, -0.25) is 4.79 Å². The number of aliphatic hydroxyl groups is 1. The van der Waals surface area contributed by atoms with E-state index in [4.69, 9.17) is 4.74 Å². The van der Waals surface area contributed by atoms with Gasteiger partial charge < -0.3 is 14.9 Å². The van der Waals surface area contributed by atoms with Crippen LogP contribution in [0.1, 0.15) is 68.1 Å². The molecular weight excluding hydrogens is 400 g/mol. The summed E-state index contributed by atoms with van der Waals surface area (Å²) in [5, 5.41) is 20.2. The van der Waals surface area contributed by atoms with E-state index < -0.39 is 5.97 Å². The molecule has 2 aromatic rings. The number of carbonyl (C=O) groups is 1. The van der Waals surface area contributed by atoms with Crippen molar-refractivity contribution in [1.29, 1.82) is 0 Å². The van der Waals surface area contributed by atoms with Gasteiger partial charge in [0.15, 0.2) is 0 Å². The normalized spacial score (nSPS) is 33.1. The molecule has 170 valence electrons. The molecule has 3 aliphatic rings. The second kappa shape index (κ2) is 8.55. The van der Waals surface area contributed by atoms with Crippen molar-refractivity contribution in [3.05, 3.63) is 65.2 Å². The van der Waals surface area contributed by atoms with Crippen LogP contribution in [0.5, 0.6) is 5.75 Å². The maximum absolute atomic E-state index is 11.2. The van der Waals surface area contributed by atoms with Gasteiger partial charge in [-0.1, -0.05) is 43.3 Å². The second-order valence-electron chi connectivity index (χ2n) is 10.5. The molecule has 32 heavy (non-hydrogen) atoms. The van der Waals surface area contributed by atoms with Gasteiger partial charge in [0.2, 0.25) is 0 Å². The van der Waals surface area contributed by atoms with Crippen molar-refractivity contribution in [3.8, 4) is 5.75 Å². The Morgan fingerprint density at radius 3 is 2.75 bits per heavy atom. The summed E-state index contributed by atoms with van der Waals surface area (Å²) in [6, 6.07) is 16.9. The summed E-state index contributed by atoms with van der Waals surface area (Å²) in [7, 11) is 0. The van der Waals surface area contributed by atoms with E-state index in [1.54, 1.807) is 0 Å². The molecule has 0 bridgehead atoms. The van der Waals surface area contributed by atoms with Crippen LogP contribution in [-0.4, -0.2) is 22.3 Å². The lowest BCUT2D eigenvalue weighted by Gasteiger charge is -2.51. The molecule has 0 saturated heterocycles. The first-order valence-electron chi connectivity index (χ1n) is 12.1. The molecule has 0 spiro atoms. The third kappa shape index (κ3) is 3.83. The molecule has 2 fully saturated rings. The molecule has 6 atom stereocenters. The average Bonchev–Trinajstić information content (AvgIpc) is 3.06. The Kier molecular flexibility index (Phi) is 5.75. The standard InChI is InChI=1S/C28H34O4/c1-28-14-13-23-22-11-9-21(32-17-18-5-3-2-4-6-18)15-19(22)7-10-24(23)27(28)20(16-25(28)29)8-12-26(30)31/h2-6,9,11,15,20,23-25,27,29H,7-8,10,12-14,16-17H2,1H3,(H,30,31)/t20-,23+,24+,25-,27-,28+/m0/s1. The minimum absolute atomic E-state index is 0.0689. The quantitative estimate of drug-likeness (QED) is 0.623. The molecule has 3 aliphatic carbocycles. The van der Waals surface area contributed by atoms with Gasteiger partial charge in [-0.05, 0) is 96.4 Å². The van der Waals surface area contributed by atoms with Gasteiger partial charge in [-0.15, -0.1) is 0 Å². The van der Waals surface area contributed by atoms with Crippen molar-refractivity contribution in [2.75, 3.05) is 0 Å². The van der Waals surface area contributed by atoms with Crippen LogP contribution in [0.3, 0.4) is 0 Å². The van der Waals surface area contributed by atoms with Gasteiger partial charge in [0.25, 0.3) is 0 Å². The number of aryl methyl sites for hydroxylation is 1. The van der Waals surface area contributed by atoms with Crippen molar-refractivity contribution in [3.63, 3.8) is 0 Å². The van der Waals surface area contributed by atoms with E-state index in [-0.39, 0.29) is 17.9 Å². The smallest absolute Gasteiger partial charge is 0.303 e. The van der Waals surface area contributed by atoms with Gasteiger partial charge >= 0.3 is 5.97 Å². The highest BCUT2D eigenvalue weighted by Crippen LogP contribution is 2.63. The zero-order valence-electron chi connectivity index (χ0n) is 18.9. The van der Waals surface area contributed by atoms with E-state index >= 15 is 0 Å². The van der Waals surface area contributed by atoms with Crippen molar-refractivity contribution in [2.45, 2.75) is 70.5 Å². The van der Waals surface area contributed by atoms with Crippen LogP contribution in [0.2, 0.25) is 0 Å². The van der Waals surface area contributed by atoms with Gasteiger partial charge in [-0.25, -0.2) is 0 Å². The van der Waals surface area contributed by atoms with E-state index in [1.165, 1.54) is 16.7 Å². The molecule has 5 rings (SSSR count). The lowest BCUT2D eigenvalue weighted by atomic mass is 9.54. The number of carboxylic acid groups (broad SMARTS) is 1. The molecule has 0 heterocycles. The maximum atomic E-state index is 11.2. The number of benzene rings is 2. The molecule has 2 saturated carbocycles. The Bertz CT molecular complexity index is 971. The Balaban J connectivity index is 1.35. The fraction of sp³-hybridized carbons (Fsp3) is 0.536. The summed E-state index contributed by atoms with van der Waals surface area (Å²) in [5.41, 5.74) is 3.96. The Morgan fingerprint density at radius 2 is 1.97 bits per heavy atom. The van der Waals surface area contributed by atoms with E-state index in [0.29, 0.717) is 36.7 Å². The lowest BCUT2D eigenvalue weighted by molar-refractivity contribution is -0.137. The fourth-order valence-corrected chi connectivity index (χ4v) is 7.25. The highest BCUT2D eigenvalue weighted by atomic mass is 16.5. The van der Waals surface area contributed by atoms with Gasteiger partial charge in [0, 0.05) is 6.42 Å². The van der Waals surface area contributed by atoms with E-state index in [2.05, 4.69) is 37.3 Å². The molecular formula is C28H34O4. The minimum atomic E-state index is -0.725. The molecule has 2 N–H and O–H groups in total. The van der Waals surface area contributed by atoms with Crippen LogP contribution < -0.4 is 4.74 Å². The van der Waals surface area contributed by atoms with Crippen molar-refractivity contribution < 1.29 is 19.7 Å². The largest absolute Gasteiger partial charge is 0.489 e. The first kappa shape index (κ1) is 21.5. The number of aliphatic carboxylic acids is 1. The topological polar surface area (TPSA) is 66.8 Å². The van der Waals surface area contributed by atoms with E-state index in [0.717, 1.165) is 37.9 Å². The number of fused-ring (bicyclic) bond motifs is 5. The molecule has 2 aromatic carbocycles. The van der Waals surface area contributed by atoms with E-state index in [9.17, 15) is 15.0 Å². The lowest BCUT2D eigenvalue weighted by Crippen LogP contribution is -2.45. The number of carboxylic acids is 1. The number of hydrogen-bond donors (Lipinski definition) is 2. The molecule has 0 amide bonds. The van der Waals surface area contributed by atoms with Crippen LogP contribution in [0, 0.1) is 23.2 Å². The molecule has 0 radical (unpaired) electrons.